The van der Waals surface area contributed by atoms with Gasteiger partial charge in [0.2, 0.25) is 0 Å². The van der Waals surface area contributed by atoms with Crippen LogP contribution in [0, 0.1) is 6.92 Å². The molecule has 2 rings (SSSR count). The first-order valence-electron chi connectivity index (χ1n) is 4.31. The largest absolute Gasteiger partial charge is 0.495 e. The Bertz CT molecular complexity index is 401. The van der Waals surface area contributed by atoms with E-state index in [-0.39, 0.29) is 0 Å². The van der Waals surface area contributed by atoms with Gasteiger partial charge in [-0.25, -0.2) is 0 Å². The van der Waals surface area contributed by atoms with Crippen molar-refractivity contribution in [3.05, 3.63) is 23.3 Å². The quantitative estimate of drug-likeness (QED) is 0.699. The van der Waals surface area contributed by atoms with Crippen molar-refractivity contribution in [1.29, 1.82) is 0 Å². The zero-order valence-electron chi connectivity index (χ0n) is 8.00. The van der Waals surface area contributed by atoms with Gasteiger partial charge in [-0.1, -0.05) is 6.07 Å². The molecular formula is C10H11NO3. The van der Waals surface area contributed by atoms with Crippen molar-refractivity contribution in [3.8, 4) is 5.75 Å². The van der Waals surface area contributed by atoms with Crippen molar-refractivity contribution in [2.24, 2.45) is 0 Å². The van der Waals surface area contributed by atoms with Gasteiger partial charge < -0.3 is 15.2 Å². The lowest BCUT2D eigenvalue weighted by Crippen LogP contribution is -2.11. The zero-order valence-corrected chi connectivity index (χ0v) is 8.00. The number of carbonyl (C=O) groups excluding carboxylic acids is 1. The second-order valence-corrected chi connectivity index (χ2v) is 3.27. The van der Waals surface area contributed by atoms with Gasteiger partial charge in [-0.3, -0.25) is 4.79 Å². The number of hydrogen-bond donors (Lipinski definition) is 2. The van der Waals surface area contributed by atoms with Gasteiger partial charge in [0.1, 0.15) is 5.75 Å². The summed E-state index contributed by atoms with van der Waals surface area (Å²) in [5, 5.41) is 12.2. The number of rotatable bonds is 1. The molecule has 2 N–H and O–H groups in total. The van der Waals surface area contributed by atoms with Crippen molar-refractivity contribution in [2.75, 3.05) is 12.4 Å². The van der Waals surface area contributed by atoms with Crippen LogP contribution in [0.1, 0.15) is 17.2 Å². The molecule has 1 unspecified atom stereocenters. The Morgan fingerprint density at radius 2 is 2.21 bits per heavy atom. The minimum atomic E-state index is -1.07. The Hall–Kier alpha value is -1.55. The van der Waals surface area contributed by atoms with Gasteiger partial charge in [0.05, 0.1) is 12.8 Å². The first kappa shape index (κ1) is 9.02. The second kappa shape index (κ2) is 2.99. The molecule has 0 aromatic heterocycles. The van der Waals surface area contributed by atoms with Crippen LogP contribution < -0.4 is 10.1 Å². The maximum Gasteiger partial charge on any atom is 0.258 e. The fourth-order valence-corrected chi connectivity index (χ4v) is 1.68. The summed E-state index contributed by atoms with van der Waals surface area (Å²) in [5.74, 6) is 0.183. The van der Waals surface area contributed by atoms with Crippen LogP contribution in [0.2, 0.25) is 0 Å². The molecule has 0 spiro atoms. The van der Waals surface area contributed by atoms with Crippen LogP contribution in [0.25, 0.3) is 0 Å². The molecule has 1 aliphatic heterocycles. The van der Waals surface area contributed by atoms with E-state index in [1.54, 1.807) is 6.07 Å². The summed E-state index contributed by atoms with van der Waals surface area (Å²) < 4.78 is 5.08. The molecule has 0 aliphatic carbocycles. The third-order valence-corrected chi connectivity index (χ3v) is 2.42. The smallest absolute Gasteiger partial charge is 0.258 e. The van der Waals surface area contributed by atoms with Crippen LogP contribution in [-0.4, -0.2) is 18.1 Å². The lowest BCUT2D eigenvalue weighted by molar-refractivity contribution is -0.123. The Balaban J connectivity index is 2.64. The van der Waals surface area contributed by atoms with Crippen LogP contribution in [0.15, 0.2) is 12.1 Å². The van der Waals surface area contributed by atoms with Crippen molar-refractivity contribution < 1.29 is 14.6 Å². The molecule has 0 radical (unpaired) electrons. The average Bonchev–Trinajstić information content (AvgIpc) is 2.45. The molecule has 74 valence electrons. The highest BCUT2D eigenvalue weighted by molar-refractivity contribution is 6.03. The number of nitrogens with one attached hydrogen (secondary N) is 1. The van der Waals surface area contributed by atoms with E-state index in [4.69, 9.17) is 4.74 Å². The van der Waals surface area contributed by atoms with Gasteiger partial charge in [-0.05, 0) is 18.6 Å². The van der Waals surface area contributed by atoms with Crippen molar-refractivity contribution >= 4 is 11.6 Å². The Morgan fingerprint density at radius 3 is 2.86 bits per heavy atom. The number of aliphatic hydroxyl groups is 1. The minimum absolute atomic E-state index is 0.396. The van der Waals surface area contributed by atoms with Gasteiger partial charge in [-0.2, -0.15) is 0 Å². The van der Waals surface area contributed by atoms with E-state index in [2.05, 4.69) is 5.32 Å². The Morgan fingerprint density at radius 1 is 1.50 bits per heavy atom. The van der Waals surface area contributed by atoms with Crippen molar-refractivity contribution in [3.63, 3.8) is 0 Å². The van der Waals surface area contributed by atoms with E-state index < -0.39 is 12.0 Å². The second-order valence-electron chi connectivity index (χ2n) is 3.27. The summed E-state index contributed by atoms with van der Waals surface area (Å²) in [4.78, 5) is 11.2. The van der Waals surface area contributed by atoms with Crippen molar-refractivity contribution in [1.82, 2.24) is 0 Å². The molecule has 14 heavy (non-hydrogen) atoms. The van der Waals surface area contributed by atoms with E-state index in [9.17, 15) is 9.90 Å². The molecule has 1 atom stereocenters. The maximum absolute atomic E-state index is 11.2. The van der Waals surface area contributed by atoms with E-state index in [0.29, 0.717) is 17.0 Å². The van der Waals surface area contributed by atoms with E-state index in [1.807, 2.05) is 13.0 Å². The maximum atomic E-state index is 11.2. The number of ether oxygens (including phenoxy) is 1. The Kier molecular flexibility index (Phi) is 1.93. The highest BCUT2D eigenvalue weighted by Gasteiger charge is 2.32. The van der Waals surface area contributed by atoms with Crippen LogP contribution in [0.4, 0.5) is 5.69 Å². The van der Waals surface area contributed by atoms with Crippen molar-refractivity contribution in [2.45, 2.75) is 13.0 Å². The number of benzene rings is 1. The lowest BCUT2D eigenvalue weighted by atomic mass is 10.0. The molecule has 4 nitrogen and oxygen atoms in total. The average molecular weight is 193 g/mol. The number of aliphatic hydroxyl groups excluding tert-OH is 1. The number of fused-ring (bicyclic) bond motifs is 1. The van der Waals surface area contributed by atoms with Crippen LogP contribution >= 0.6 is 0 Å². The summed E-state index contributed by atoms with van der Waals surface area (Å²) in [6.07, 6.45) is -1.07. The number of anilines is 1. The summed E-state index contributed by atoms with van der Waals surface area (Å²) in [5.41, 5.74) is 2.09. The topological polar surface area (TPSA) is 58.6 Å². The molecule has 0 bridgehead atoms. The zero-order chi connectivity index (χ0) is 10.3. The molecule has 0 fully saturated rings. The highest BCUT2D eigenvalue weighted by Crippen LogP contribution is 2.39. The number of hydrogen-bond acceptors (Lipinski definition) is 3. The SMILES string of the molecule is COc1ccc(C)c2c1NC(=O)C2O. The fraction of sp³-hybridized carbons (Fsp3) is 0.300. The highest BCUT2D eigenvalue weighted by atomic mass is 16.5. The summed E-state index contributed by atoms with van der Waals surface area (Å²) in [6, 6.07) is 3.59. The minimum Gasteiger partial charge on any atom is -0.495 e. The van der Waals surface area contributed by atoms with E-state index in [1.165, 1.54) is 7.11 Å². The van der Waals surface area contributed by atoms with Gasteiger partial charge in [0.15, 0.2) is 6.10 Å². The predicted octanol–water partition coefficient (Wildman–Crippen LogP) is 0.989. The predicted molar refractivity (Wildman–Crippen MR) is 51.3 cm³/mol. The third-order valence-electron chi connectivity index (χ3n) is 2.42. The molecule has 1 aromatic carbocycles. The number of aryl methyl sites for hydroxylation is 1. The fourth-order valence-electron chi connectivity index (χ4n) is 1.68. The van der Waals surface area contributed by atoms with E-state index >= 15 is 0 Å². The standard InChI is InChI=1S/C10H11NO3/c1-5-3-4-6(14-2)8-7(5)9(12)10(13)11-8/h3-4,9,12H,1-2H3,(H,11,13). The number of methoxy groups -OCH3 is 1. The number of amides is 1. The molecule has 4 heteroatoms. The van der Waals surface area contributed by atoms with Gasteiger partial charge in [0.25, 0.3) is 5.91 Å². The molecule has 0 saturated carbocycles. The summed E-state index contributed by atoms with van der Waals surface area (Å²) in [6.45, 7) is 1.85. The molecule has 1 aromatic rings. The molecule has 0 saturated heterocycles. The molecule has 1 aliphatic rings. The molecular weight excluding hydrogens is 182 g/mol. The van der Waals surface area contributed by atoms with E-state index in [0.717, 1.165) is 5.56 Å². The normalized spacial score (nSPS) is 19.1. The summed E-state index contributed by atoms with van der Waals surface area (Å²) >= 11 is 0. The summed E-state index contributed by atoms with van der Waals surface area (Å²) in [7, 11) is 1.53. The van der Waals surface area contributed by atoms with Gasteiger partial charge in [0, 0.05) is 5.56 Å². The van der Waals surface area contributed by atoms with Gasteiger partial charge in [-0.15, -0.1) is 0 Å². The Labute approximate surface area is 81.5 Å². The van der Waals surface area contributed by atoms with Gasteiger partial charge >= 0.3 is 0 Å². The third kappa shape index (κ3) is 1.08. The molecule has 1 heterocycles. The first-order chi connectivity index (χ1) is 6.65. The number of carbonyl (C=O) groups is 1. The van der Waals surface area contributed by atoms with Crippen LogP contribution in [0.5, 0.6) is 5.75 Å². The van der Waals surface area contributed by atoms with Crippen LogP contribution in [0.3, 0.4) is 0 Å². The monoisotopic (exact) mass is 193 g/mol. The lowest BCUT2D eigenvalue weighted by Gasteiger charge is -2.09. The van der Waals surface area contributed by atoms with Crippen LogP contribution in [-0.2, 0) is 4.79 Å². The first-order valence-corrected chi connectivity index (χ1v) is 4.31. The molecule has 1 amide bonds.